The Morgan fingerprint density at radius 3 is 2.26 bits per heavy atom. The summed E-state index contributed by atoms with van der Waals surface area (Å²) in [5.41, 5.74) is 5.91. The summed E-state index contributed by atoms with van der Waals surface area (Å²) in [6.07, 6.45) is 6.88. The number of ether oxygens (including phenoxy) is 1. The molecular formula is C23H20N2O2. The largest absolute Gasteiger partial charge is 0.449 e. The van der Waals surface area contributed by atoms with Gasteiger partial charge in [0.25, 0.3) is 0 Å². The molecule has 4 heteroatoms. The molecule has 1 aromatic heterocycles. The molecule has 0 unspecified atom stereocenters. The number of rotatable bonds is 5. The number of hydrogen-bond donors (Lipinski definition) is 1. The molecule has 2 aromatic carbocycles. The van der Waals surface area contributed by atoms with Crippen molar-refractivity contribution in [2.75, 3.05) is 13.2 Å². The monoisotopic (exact) mass is 356 g/mol. The van der Waals surface area contributed by atoms with E-state index in [4.69, 9.17) is 4.74 Å². The topological polar surface area (TPSA) is 51.2 Å². The van der Waals surface area contributed by atoms with Crippen LogP contribution in [-0.2, 0) is 4.74 Å². The van der Waals surface area contributed by atoms with Gasteiger partial charge in [-0.25, -0.2) is 4.79 Å². The summed E-state index contributed by atoms with van der Waals surface area (Å²) in [5.74, 6) is 0.0792. The van der Waals surface area contributed by atoms with Gasteiger partial charge in [0.05, 0.1) is 0 Å². The maximum Gasteiger partial charge on any atom is 0.407 e. The van der Waals surface area contributed by atoms with E-state index in [1.165, 1.54) is 22.3 Å². The number of fused-ring (bicyclic) bond motifs is 3. The summed E-state index contributed by atoms with van der Waals surface area (Å²) in [6, 6.07) is 20.4. The number of benzene rings is 2. The minimum absolute atomic E-state index is 0.0792. The highest BCUT2D eigenvalue weighted by Crippen LogP contribution is 2.44. The highest BCUT2D eigenvalue weighted by atomic mass is 16.5. The molecule has 27 heavy (non-hydrogen) atoms. The SMILES string of the molecule is O=C(NCC=Cc1ccncc1)OCC1c2ccccc2-c2ccccc21. The minimum atomic E-state index is -0.406. The number of hydrogen-bond acceptors (Lipinski definition) is 3. The van der Waals surface area contributed by atoms with Crippen molar-refractivity contribution in [3.05, 3.63) is 95.8 Å². The fraction of sp³-hybridized carbons (Fsp3) is 0.130. The molecule has 1 aliphatic carbocycles. The molecule has 134 valence electrons. The second-order valence-corrected chi connectivity index (χ2v) is 6.39. The van der Waals surface area contributed by atoms with Crippen molar-refractivity contribution in [2.45, 2.75) is 5.92 Å². The number of pyridine rings is 1. The van der Waals surface area contributed by atoms with Gasteiger partial charge in [-0.05, 0) is 39.9 Å². The predicted octanol–water partition coefficient (Wildman–Crippen LogP) is 4.63. The van der Waals surface area contributed by atoms with Crippen LogP contribution in [0.3, 0.4) is 0 Å². The molecule has 0 atom stereocenters. The first kappa shape index (κ1) is 17.0. The summed E-state index contributed by atoms with van der Waals surface area (Å²) in [5, 5.41) is 2.76. The number of carbonyl (C=O) groups excluding carboxylic acids is 1. The fourth-order valence-electron chi connectivity index (χ4n) is 3.46. The van der Waals surface area contributed by atoms with Crippen LogP contribution in [0.4, 0.5) is 4.79 Å². The molecule has 0 saturated heterocycles. The van der Waals surface area contributed by atoms with Gasteiger partial charge in [-0.15, -0.1) is 0 Å². The first-order valence-electron chi connectivity index (χ1n) is 8.98. The van der Waals surface area contributed by atoms with Crippen LogP contribution < -0.4 is 5.32 Å². The second-order valence-electron chi connectivity index (χ2n) is 6.39. The number of nitrogens with one attached hydrogen (secondary N) is 1. The van der Waals surface area contributed by atoms with E-state index in [1.54, 1.807) is 12.4 Å². The summed E-state index contributed by atoms with van der Waals surface area (Å²) in [4.78, 5) is 16.0. The number of alkyl carbamates (subject to hydrolysis) is 1. The summed E-state index contributed by atoms with van der Waals surface area (Å²) in [6.45, 7) is 0.743. The van der Waals surface area contributed by atoms with Crippen LogP contribution in [0.1, 0.15) is 22.6 Å². The Morgan fingerprint density at radius 2 is 1.59 bits per heavy atom. The highest BCUT2D eigenvalue weighted by molar-refractivity contribution is 5.79. The molecule has 0 aliphatic heterocycles. The van der Waals surface area contributed by atoms with E-state index in [9.17, 15) is 4.79 Å². The van der Waals surface area contributed by atoms with E-state index in [-0.39, 0.29) is 5.92 Å². The van der Waals surface area contributed by atoms with Crippen molar-refractivity contribution in [2.24, 2.45) is 0 Å². The van der Waals surface area contributed by atoms with Crippen molar-refractivity contribution in [3.63, 3.8) is 0 Å². The van der Waals surface area contributed by atoms with Crippen LogP contribution in [0, 0.1) is 0 Å². The fourth-order valence-corrected chi connectivity index (χ4v) is 3.46. The average Bonchev–Trinajstić information content (AvgIpc) is 3.04. The lowest BCUT2D eigenvalue weighted by Crippen LogP contribution is -2.26. The van der Waals surface area contributed by atoms with E-state index in [0.29, 0.717) is 13.2 Å². The third-order valence-electron chi connectivity index (χ3n) is 4.72. The van der Waals surface area contributed by atoms with Crippen LogP contribution in [0.25, 0.3) is 17.2 Å². The smallest absolute Gasteiger partial charge is 0.407 e. The maximum atomic E-state index is 12.1. The molecule has 4 rings (SSSR count). The first-order valence-corrected chi connectivity index (χ1v) is 8.98. The van der Waals surface area contributed by atoms with E-state index in [2.05, 4.69) is 34.6 Å². The van der Waals surface area contributed by atoms with Crippen LogP contribution in [0.2, 0.25) is 0 Å². The van der Waals surface area contributed by atoms with Gasteiger partial charge < -0.3 is 10.1 Å². The van der Waals surface area contributed by atoms with Crippen LogP contribution in [-0.4, -0.2) is 24.2 Å². The van der Waals surface area contributed by atoms with Crippen molar-refractivity contribution in [1.82, 2.24) is 10.3 Å². The number of carbonyl (C=O) groups is 1. The Balaban J connectivity index is 1.35. The molecule has 0 saturated carbocycles. The van der Waals surface area contributed by atoms with Crippen molar-refractivity contribution >= 4 is 12.2 Å². The van der Waals surface area contributed by atoms with Crippen LogP contribution in [0.5, 0.6) is 0 Å². The molecule has 0 radical (unpaired) electrons. The Bertz CT molecular complexity index is 921. The van der Waals surface area contributed by atoms with E-state index in [1.807, 2.05) is 48.6 Å². The van der Waals surface area contributed by atoms with Gasteiger partial charge >= 0.3 is 6.09 Å². The molecule has 0 spiro atoms. The number of nitrogens with zero attached hydrogens (tertiary/aromatic N) is 1. The number of amides is 1. The van der Waals surface area contributed by atoms with Gasteiger partial charge in [0.1, 0.15) is 6.61 Å². The molecule has 1 N–H and O–H groups in total. The molecule has 1 amide bonds. The molecule has 4 nitrogen and oxygen atoms in total. The zero-order valence-electron chi connectivity index (χ0n) is 14.8. The number of aromatic nitrogens is 1. The third kappa shape index (κ3) is 3.75. The Morgan fingerprint density at radius 1 is 0.963 bits per heavy atom. The van der Waals surface area contributed by atoms with Gasteiger partial charge in [-0.2, -0.15) is 0 Å². The Kier molecular flexibility index (Phi) is 4.97. The molecule has 1 aliphatic rings. The average molecular weight is 356 g/mol. The summed E-state index contributed by atoms with van der Waals surface area (Å²) in [7, 11) is 0. The predicted molar refractivity (Wildman–Crippen MR) is 106 cm³/mol. The normalized spacial score (nSPS) is 12.6. The van der Waals surface area contributed by atoms with Crippen LogP contribution in [0.15, 0.2) is 79.1 Å². The third-order valence-corrected chi connectivity index (χ3v) is 4.72. The zero-order valence-corrected chi connectivity index (χ0v) is 14.8. The summed E-state index contributed by atoms with van der Waals surface area (Å²) < 4.78 is 5.50. The van der Waals surface area contributed by atoms with Gasteiger partial charge in [-0.1, -0.05) is 60.7 Å². The lowest BCUT2D eigenvalue weighted by Gasteiger charge is -2.14. The van der Waals surface area contributed by atoms with Crippen molar-refractivity contribution < 1.29 is 9.53 Å². The highest BCUT2D eigenvalue weighted by Gasteiger charge is 2.28. The van der Waals surface area contributed by atoms with Crippen LogP contribution >= 0.6 is 0 Å². The maximum absolute atomic E-state index is 12.1. The molecule has 3 aromatic rings. The molecule has 0 bridgehead atoms. The lowest BCUT2D eigenvalue weighted by molar-refractivity contribution is 0.144. The van der Waals surface area contributed by atoms with E-state index in [0.717, 1.165) is 5.56 Å². The molecule has 1 heterocycles. The summed E-state index contributed by atoms with van der Waals surface area (Å²) >= 11 is 0. The van der Waals surface area contributed by atoms with Gasteiger partial charge in [0.15, 0.2) is 0 Å². The quantitative estimate of drug-likeness (QED) is 0.725. The van der Waals surface area contributed by atoms with Gasteiger partial charge in [0, 0.05) is 24.9 Å². The molecule has 0 fully saturated rings. The minimum Gasteiger partial charge on any atom is -0.449 e. The van der Waals surface area contributed by atoms with E-state index < -0.39 is 6.09 Å². The molecular weight excluding hydrogens is 336 g/mol. The van der Waals surface area contributed by atoms with E-state index >= 15 is 0 Å². The van der Waals surface area contributed by atoms with Gasteiger partial charge in [-0.3, -0.25) is 4.98 Å². The van der Waals surface area contributed by atoms with Crippen molar-refractivity contribution in [1.29, 1.82) is 0 Å². The zero-order chi connectivity index (χ0) is 18.5. The Hall–Kier alpha value is -3.40. The second kappa shape index (κ2) is 7.87. The van der Waals surface area contributed by atoms with Crippen molar-refractivity contribution in [3.8, 4) is 11.1 Å². The standard InChI is InChI=1S/C23H20N2O2/c26-23(25-13-5-6-17-11-14-24-15-12-17)27-16-22-20-9-3-1-7-18(20)19-8-2-4-10-21(19)22/h1-12,14-15,22H,13,16H2,(H,25,26). The Labute approximate surface area is 158 Å². The first-order chi connectivity index (χ1) is 13.3. The lowest BCUT2D eigenvalue weighted by atomic mass is 9.98. The van der Waals surface area contributed by atoms with Gasteiger partial charge in [0.2, 0.25) is 0 Å².